The number of thiocarbonyl (C=S) groups is 1. The molecule has 4 nitrogen and oxygen atoms in total. The molecule has 0 spiro atoms. The highest BCUT2D eigenvalue weighted by Gasteiger charge is 2.28. The van der Waals surface area contributed by atoms with E-state index in [0.29, 0.717) is 10.9 Å². The summed E-state index contributed by atoms with van der Waals surface area (Å²) < 4.78 is 5.76. The van der Waals surface area contributed by atoms with E-state index in [-0.39, 0.29) is 6.23 Å². The number of hydrogen-bond donors (Lipinski definition) is 1. The van der Waals surface area contributed by atoms with Crippen LogP contribution in [0.1, 0.15) is 19.3 Å². The third-order valence-corrected chi connectivity index (χ3v) is 3.12. The Morgan fingerprint density at radius 2 is 2.36 bits per heavy atom. The predicted octanol–water partition coefficient (Wildman–Crippen LogP) is 2.14. The minimum Gasteiger partial charge on any atom is -0.465 e. The number of hydrogen-bond acceptors (Lipinski definition) is 4. The second kappa shape index (κ2) is 5.41. The Hall–Kier alpha value is -0.490. The minimum absolute atomic E-state index is 0.388. The molecule has 6 heteroatoms. The summed E-state index contributed by atoms with van der Waals surface area (Å²) >= 11 is 6.22. The van der Waals surface area contributed by atoms with Crippen LogP contribution < -0.4 is 0 Å². The van der Waals surface area contributed by atoms with Gasteiger partial charge >= 0.3 is 6.09 Å². The van der Waals surface area contributed by atoms with Crippen molar-refractivity contribution in [2.75, 3.05) is 12.8 Å². The zero-order chi connectivity index (χ0) is 10.6. The van der Waals surface area contributed by atoms with Crippen LogP contribution in [0.3, 0.4) is 0 Å². The van der Waals surface area contributed by atoms with Crippen LogP contribution in [-0.2, 0) is 4.74 Å². The van der Waals surface area contributed by atoms with Gasteiger partial charge in [0.2, 0.25) is 4.38 Å². The fourth-order valence-electron chi connectivity index (χ4n) is 1.40. The molecule has 0 aromatic rings. The van der Waals surface area contributed by atoms with E-state index in [1.165, 1.54) is 16.7 Å². The molecule has 1 amide bonds. The average molecular weight is 235 g/mol. The lowest BCUT2D eigenvalue weighted by Gasteiger charge is -2.33. The van der Waals surface area contributed by atoms with Gasteiger partial charge in [-0.1, -0.05) is 11.8 Å². The maximum Gasteiger partial charge on any atom is 0.410 e. The first-order chi connectivity index (χ1) is 6.65. The number of carboxylic acid groups (broad SMARTS) is 1. The van der Waals surface area contributed by atoms with Crippen LogP contribution in [0.4, 0.5) is 4.79 Å². The average Bonchev–Trinajstić information content (AvgIpc) is 2.18. The molecule has 0 aliphatic carbocycles. The predicted molar refractivity (Wildman–Crippen MR) is 59.6 cm³/mol. The topological polar surface area (TPSA) is 49.8 Å². The largest absolute Gasteiger partial charge is 0.465 e. The van der Waals surface area contributed by atoms with Gasteiger partial charge in [-0.2, -0.15) is 0 Å². The first-order valence-electron chi connectivity index (χ1n) is 4.39. The van der Waals surface area contributed by atoms with E-state index < -0.39 is 6.09 Å². The molecule has 1 rings (SSSR count). The molecule has 1 aliphatic rings. The number of nitrogens with zero attached hydrogens (tertiary/aromatic N) is 1. The Kier molecular flexibility index (Phi) is 4.47. The molecule has 0 aromatic heterocycles. The summed E-state index contributed by atoms with van der Waals surface area (Å²) in [5.41, 5.74) is 0. The fraction of sp³-hybridized carbons (Fsp3) is 0.750. The Labute approximate surface area is 92.6 Å². The van der Waals surface area contributed by atoms with Crippen LogP contribution in [-0.4, -0.2) is 39.5 Å². The van der Waals surface area contributed by atoms with E-state index in [4.69, 9.17) is 22.1 Å². The van der Waals surface area contributed by atoms with Crippen molar-refractivity contribution in [2.24, 2.45) is 0 Å². The van der Waals surface area contributed by atoms with Gasteiger partial charge in [0, 0.05) is 13.0 Å². The van der Waals surface area contributed by atoms with Crippen molar-refractivity contribution in [3.05, 3.63) is 0 Å². The molecular weight excluding hydrogens is 222 g/mol. The van der Waals surface area contributed by atoms with Crippen LogP contribution in [0.15, 0.2) is 0 Å². The molecule has 1 unspecified atom stereocenters. The third-order valence-electron chi connectivity index (χ3n) is 2.09. The molecule has 0 radical (unpaired) electrons. The number of ether oxygens (including phenoxy) is 1. The first kappa shape index (κ1) is 11.6. The number of amides is 1. The molecule has 1 heterocycles. The molecule has 0 saturated carbocycles. The lowest BCUT2D eigenvalue weighted by atomic mass is 10.1. The number of rotatable bonds is 1. The molecular formula is C8H13NO3S2. The van der Waals surface area contributed by atoms with Gasteiger partial charge in [0.05, 0.1) is 0 Å². The van der Waals surface area contributed by atoms with E-state index in [2.05, 4.69) is 0 Å². The van der Waals surface area contributed by atoms with E-state index >= 15 is 0 Å². The van der Waals surface area contributed by atoms with Gasteiger partial charge in [0.1, 0.15) is 0 Å². The normalized spacial score (nSPS) is 21.8. The van der Waals surface area contributed by atoms with Crippen LogP contribution in [0, 0.1) is 0 Å². The number of thioether (sulfide) groups is 1. The fourth-order valence-corrected chi connectivity index (χ4v) is 1.72. The summed E-state index contributed by atoms with van der Waals surface area (Å²) in [6, 6.07) is 0. The van der Waals surface area contributed by atoms with Crippen molar-refractivity contribution in [3.8, 4) is 0 Å². The van der Waals surface area contributed by atoms with Crippen LogP contribution in [0.25, 0.3) is 0 Å². The number of likely N-dealkylation sites (tertiary alicyclic amines) is 1. The van der Waals surface area contributed by atoms with E-state index in [1.54, 1.807) is 0 Å². The monoisotopic (exact) mass is 235 g/mol. The van der Waals surface area contributed by atoms with Crippen LogP contribution >= 0.6 is 24.0 Å². The van der Waals surface area contributed by atoms with E-state index in [9.17, 15) is 4.79 Å². The number of carbonyl (C=O) groups is 1. The standard InChI is InChI=1S/C8H13NO3S2/c1-14-8(13)12-6-4-2-3-5-9(6)7(10)11/h6H,2-5H2,1H3,(H,10,11). The maximum absolute atomic E-state index is 10.8. The number of piperidine rings is 1. The lowest BCUT2D eigenvalue weighted by Crippen LogP contribution is -2.44. The molecule has 0 aromatic carbocycles. The SMILES string of the molecule is CSC(=S)OC1CCCCN1C(=O)O. The van der Waals surface area contributed by atoms with Crippen molar-refractivity contribution in [3.63, 3.8) is 0 Å². The van der Waals surface area contributed by atoms with Crippen molar-refractivity contribution in [2.45, 2.75) is 25.5 Å². The lowest BCUT2D eigenvalue weighted by molar-refractivity contribution is 0.00276. The summed E-state index contributed by atoms with van der Waals surface area (Å²) in [6.07, 6.45) is 3.12. The quantitative estimate of drug-likeness (QED) is 0.706. The summed E-state index contributed by atoms with van der Waals surface area (Å²) in [5.74, 6) is 0. The van der Waals surface area contributed by atoms with Crippen molar-refractivity contribution in [1.29, 1.82) is 0 Å². The van der Waals surface area contributed by atoms with Gasteiger partial charge < -0.3 is 9.84 Å². The van der Waals surface area contributed by atoms with Gasteiger partial charge in [0.15, 0.2) is 6.23 Å². The Balaban J connectivity index is 2.54. The van der Waals surface area contributed by atoms with Crippen LogP contribution in [0.5, 0.6) is 0 Å². The second-order valence-corrected chi connectivity index (χ2v) is 4.41. The second-order valence-electron chi connectivity index (χ2n) is 3.00. The first-order valence-corrected chi connectivity index (χ1v) is 6.02. The molecule has 1 fully saturated rings. The smallest absolute Gasteiger partial charge is 0.410 e. The van der Waals surface area contributed by atoms with Gasteiger partial charge in [0.25, 0.3) is 0 Å². The molecule has 1 saturated heterocycles. The van der Waals surface area contributed by atoms with Crippen molar-refractivity contribution >= 4 is 34.5 Å². The zero-order valence-corrected chi connectivity index (χ0v) is 9.57. The molecule has 80 valence electrons. The zero-order valence-electron chi connectivity index (χ0n) is 7.93. The highest BCUT2D eigenvalue weighted by molar-refractivity contribution is 8.22. The van der Waals surface area contributed by atoms with E-state index in [0.717, 1.165) is 19.3 Å². The van der Waals surface area contributed by atoms with E-state index in [1.807, 2.05) is 6.26 Å². The van der Waals surface area contributed by atoms with Crippen LogP contribution in [0.2, 0.25) is 0 Å². The molecule has 1 aliphatic heterocycles. The third kappa shape index (κ3) is 3.02. The summed E-state index contributed by atoms with van der Waals surface area (Å²) in [5, 5.41) is 8.89. The Morgan fingerprint density at radius 1 is 1.64 bits per heavy atom. The summed E-state index contributed by atoms with van der Waals surface area (Å²) in [6.45, 7) is 0.539. The van der Waals surface area contributed by atoms with Gasteiger partial charge in [-0.3, -0.25) is 4.90 Å². The maximum atomic E-state index is 10.8. The molecule has 0 bridgehead atoms. The van der Waals surface area contributed by atoms with Crippen molar-refractivity contribution in [1.82, 2.24) is 4.90 Å². The van der Waals surface area contributed by atoms with Gasteiger partial charge in [-0.25, -0.2) is 4.79 Å². The van der Waals surface area contributed by atoms with Gasteiger partial charge in [-0.15, -0.1) is 0 Å². The summed E-state index contributed by atoms with van der Waals surface area (Å²) in [4.78, 5) is 12.1. The highest BCUT2D eigenvalue weighted by Crippen LogP contribution is 2.20. The molecule has 1 atom stereocenters. The Bertz CT molecular complexity index is 235. The molecule has 14 heavy (non-hydrogen) atoms. The minimum atomic E-state index is -0.932. The van der Waals surface area contributed by atoms with Gasteiger partial charge in [-0.05, 0) is 31.3 Å². The highest BCUT2D eigenvalue weighted by atomic mass is 32.2. The van der Waals surface area contributed by atoms with Crippen molar-refractivity contribution < 1.29 is 14.6 Å². The Morgan fingerprint density at radius 3 is 2.93 bits per heavy atom. The molecule has 1 N–H and O–H groups in total. The summed E-state index contributed by atoms with van der Waals surface area (Å²) in [7, 11) is 0.